The topological polar surface area (TPSA) is 74.2 Å². The van der Waals surface area contributed by atoms with E-state index in [4.69, 9.17) is 26.5 Å². The van der Waals surface area contributed by atoms with Crippen molar-refractivity contribution in [3.05, 3.63) is 59.1 Å². The minimum atomic E-state index is 0.0346. The van der Waals surface area contributed by atoms with Gasteiger partial charge in [-0.25, -0.2) is 0 Å². The van der Waals surface area contributed by atoms with Crippen molar-refractivity contribution in [1.82, 2.24) is 10.2 Å². The van der Waals surface area contributed by atoms with Crippen LogP contribution in [0, 0.1) is 0 Å². The van der Waals surface area contributed by atoms with E-state index in [1.54, 1.807) is 0 Å². The number of ether oxygens (including phenoxy) is 1. The quantitative estimate of drug-likeness (QED) is 0.797. The van der Waals surface area contributed by atoms with Gasteiger partial charge < -0.3 is 14.9 Å². The lowest BCUT2D eigenvalue weighted by atomic mass is 10.2. The Morgan fingerprint density at radius 3 is 2.71 bits per heavy atom. The third-order valence-electron chi connectivity index (χ3n) is 2.87. The van der Waals surface area contributed by atoms with Crippen LogP contribution in [0.3, 0.4) is 0 Å². The Morgan fingerprint density at radius 1 is 1.10 bits per heavy atom. The number of nitrogens with zero attached hydrogens (tertiary/aromatic N) is 2. The van der Waals surface area contributed by atoms with Gasteiger partial charge in [0.2, 0.25) is 5.89 Å². The van der Waals surface area contributed by atoms with Crippen LogP contribution in [0.25, 0.3) is 11.5 Å². The van der Waals surface area contributed by atoms with Gasteiger partial charge in [-0.05, 0) is 24.3 Å². The van der Waals surface area contributed by atoms with E-state index in [0.717, 1.165) is 11.1 Å². The summed E-state index contributed by atoms with van der Waals surface area (Å²) in [5.74, 6) is 1.04. The summed E-state index contributed by atoms with van der Waals surface area (Å²) >= 11 is 6.09. The van der Waals surface area contributed by atoms with Crippen molar-refractivity contribution >= 4 is 17.6 Å². The Morgan fingerprint density at radius 2 is 1.95 bits per heavy atom. The van der Waals surface area contributed by atoms with Crippen LogP contribution in [0.5, 0.6) is 5.75 Å². The molecule has 0 atom stereocenters. The van der Waals surface area contributed by atoms with E-state index in [-0.39, 0.29) is 6.01 Å². The lowest BCUT2D eigenvalue weighted by molar-refractivity contribution is 0.306. The molecular formula is C15H12ClN3O2. The fraction of sp³-hybridized carbons (Fsp3) is 0.0667. The number of nitrogens with two attached hydrogens (primary N) is 1. The molecule has 3 aromatic rings. The van der Waals surface area contributed by atoms with Crippen molar-refractivity contribution in [2.45, 2.75) is 6.61 Å². The van der Waals surface area contributed by atoms with Gasteiger partial charge in [-0.1, -0.05) is 41.0 Å². The molecule has 0 radical (unpaired) electrons. The maximum Gasteiger partial charge on any atom is 0.313 e. The predicted molar refractivity (Wildman–Crippen MR) is 79.9 cm³/mol. The minimum Gasteiger partial charge on any atom is -0.489 e. The maximum absolute atomic E-state index is 6.09. The summed E-state index contributed by atoms with van der Waals surface area (Å²) < 4.78 is 10.9. The fourth-order valence-corrected chi connectivity index (χ4v) is 2.04. The first-order valence-electron chi connectivity index (χ1n) is 6.28. The average molecular weight is 302 g/mol. The molecular weight excluding hydrogens is 290 g/mol. The first kappa shape index (κ1) is 13.5. The number of hydrogen-bond donors (Lipinski definition) is 1. The predicted octanol–water partition coefficient (Wildman–Crippen LogP) is 3.55. The highest BCUT2D eigenvalue weighted by Crippen LogP contribution is 2.24. The molecule has 0 aliphatic carbocycles. The summed E-state index contributed by atoms with van der Waals surface area (Å²) in [6, 6.07) is 14.9. The van der Waals surface area contributed by atoms with Gasteiger partial charge in [-0.15, -0.1) is 5.10 Å². The second kappa shape index (κ2) is 5.85. The van der Waals surface area contributed by atoms with Crippen molar-refractivity contribution in [1.29, 1.82) is 0 Å². The third-order valence-corrected chi connectivity index (χ3v) is 3.24. The van der Waals surface area contributed by atoms with Crippen LogP contribution in [0.15, 0.2) is 52.9 Å². The van der Waals surface area contributed by atoms with Crippen LogP contribution < -0.4 is 10.5 Å². The number of rotatable bonds is 4. The van der Waals surface area contributed by atoms with E-state index in [1.807, 2.05) is 48.5 Å². The first-order valence-corrected chi connectivity index (χ1v) is 6.66. The van der Waals surface area contributed by atoms with E-state index in [1.165, 1.54) is 0 Å². The summed E-state index contributed by atoms with van der Waals surface area (Å²) in [5, 5.41) is 8.15. The number of benzene rings is 2. The van der Waals surface area contributed by atoms with Crippen molar-refractivity contribution < 1.29 is 9.15 Å². The normalized spacial score (nSPS) is 10.5. The molecule has 0 unspecified atom stereocenters. The van der Waals surface area contributed by atoms with Gasteiger partial charge in [0, 0.05) is 16.1 Å². The molecule has 0 fully saturated rings. The highest BCUT2D eigenvalue weighted by Gasteiger charge is 2.08. The van der Waals surface area contributed by atoms with Crippen LogP contribution >= 0.6 is 11.6 Å². The Labute approximate surface area is 126 Å². The summed E-state index contributed by atoms with van der Waals surface area (Å²) in [6.07, 6.45) is 0. The number of nitrogen functional groups attached to an aromatic ring is 1. The van der Waals surface area contributed by atoms with E-state index in [2.05, 4.69) is 10.2 Å². The highest BCUT2D eigenvalue weighted by atomic mass is 35.5. The van der Waals surface area contributed by atoms with Crippen molar-refractivity contribution in [2.24, 2.45) is 0 Å². The van der Waals surface area contributed by atoms with Gasteiger partial charge in [-0.2, -0.15) is 0 Å². The van der Waals surface area contributed by atoms with Gasteiger partial charge >= 0.3 is 6.01 Å². The summed E-state index contributed by atoms with van der Waals surface area (Å²) in [6.45, 7) is 0.384. The molecule has 2 aromatic carbocycles. The summed E-state index contributed by atoms with van der Waals surface area (Å²) in [5.41, 5.74) is 7.09. The van der Waals surface area contributed by atoms with E-state index in [9.17, 15) is 0 Å². The van der Waals surface area contributed by atoms with E-state index >= 15 is 0 Å². The van der Waals surface area contributed by atoms with E-state index < -0.39 is 0 Å². The zero-order chi connectivity index (χ0) is 14.7. The molecule has 0 aliphatic heterocycles. The lowest BCUT2D eigenvalue weighted by Gasteiger charge is -2.08. The van der Waals surface area contributed by atoms with E-state index in [0.29, 0.717) is 23.3 Å². The second-order valence-electron chi connectivity index (χ2n) is 4.35. The van der Waals surface area contributed by atoms with Crippen LogP contribution in [0.4, 0.5) is 6.01 Å². The molecule has 0 bridgehead atoms. The van der Waals surface area contributed by atoms with Gasteiger partial charge in [0.25, 0.3) is 0 Å². The Balaban J connectivity index is 1.76. The molecule has 1 heterocycles. The SMILES string of the molecule is Nc1nnc(-c2cccc(OCc3ccccc3Cl)c2)o1. The van der Waals surface area contributed by atoms with Crippen LogP contribution in [-0.2, 0) is 6.61 Å². The van der Waals surface area contributed by atoms with Gasteiger partial charge in [0.15, 0.2) is 0 Å². The number of aromatic nitrogens is 2. The largest absolute Gasteiger partial charge is 0.489 e. The number of hydrogen-bond acceptors (Lipinski definition) is 5. The molecule has 6 heteroatoms. The van der Waals surface area contributed by atoms with Gasteiger partial charge in [0.1, 0.15) is 12.4 Å². The second-order valence-corrected chi connectivity index (χ2v) is 4.76. The minimum absolute atomic E-state index is 0.0346. The van der Waals surface area contributed by atoms with Crippen LogP contribution in [-0.4, -0.2) is 10.2 Å². The lowest BCUT2D eigenvalue weighted by Crippen LogP contribution is -1.96. The monoisotopic (exact) mass is 301 g/mol. The van der Waals surface area contributed by atoms with Crippen molar-refractivity contribution in [3.8, 4) is 17.2 Å². The Kier molecular flexibility index (Phi) is 3.75. The summed E-state index contributed by atoms with van der Waals surface area (Å²) in [7, 11) is 0. The third kappa shape index (κ3) is 3.14. The summed E-state index contributed by atoms with van der Waals surface area (Å²) in [4.78, 5) is 0. The van der Waals surface area contributed by atoms with Crippen molar-refractivity contribution in [2.75, 3.05) is 5.73 Å². The number of anilines is 1. The zero-order valence-corrected chi connectivity index (χ0v) is 11.7. The zero-order valence-electron chi connectivity index (χ0n) is 11.0. The smallest absolute Gasteiger partial charge is 0.313 e. The van der Waals surface area contributed by atoms with Crippen LogP contribution in [0.1, 0.15) is 5.56 Å². The van der Waals surface area contributed by atoms with Crippen molar-refractivity contribution in [3.63, 3.8) is 0 Å². The standard InChI is InChI=1S/C15H12ClN3O2/c16-13-7-2-1-4-11(13)9-20-12-6-3-5-10(8-12)14-18-19-15(17)21-14/h1-8H,9H2,(H2,17,19). The molecule has 0 aliphatic rings. The Bertz CT molecular complexity index is 758. The molecule has 0 amide bonds. The molecule has 106 valence electrons. The fourth-order valence-electron chi connectivity index (χ4n) is 1.85. The molecule has 0 saturated heterocycles. The molecule has 1 aromatic heterocycles. The molecule has 3 rings (SSSR count). The van der Waals surface area contributed by atoms with Crippen LogP contribution in [0.2, 0.25) is 5.02 Å². The Hall–Kier alpha value is -2.53. The number of halogens is 1. The highest BCUT2D eigenvalue weighted by molar-refractivity contribution is 6.31. The molecule has 0 saturated carbocycles. The first-order chi connectivity index (χ1) is 10.2. The molecule has 0 spiro atoms. The average Bonchev–Trinajstić information content (AvgIpc) is 2.93. The van der Waals surface area contributed by atoms with Gasteiger partial charge in [0.05, 0.1) is 0 Å². The maximum atomic E-state index is 6.09. The molecule has 2 N–H and O–H groups in total. The molecule has 21 heavy (non-hydrogen) atoms. The van der Waals surface area contributed by atoms with Gasteiger partial charge in [-0.3, -0.25) is 0 Å². The molecule has 5 nitrogen and oxygen atoms in total.